The summed E-state index contributed by atoms with van der Waals surface area (Å²) in [4.78, 5) is 6.50. The van der Waals surface area contributed by atoms with Crippen LogP contribution >= 0.6 is 0 Å². The third-order valence-electron chi connectivity index (χ3n) is 3.15. The number of benzene rings is 1. The van der Waals surface area contributed by atoms with Gasteiger partial charge in [0.05, 0.1) is 13.7 Å². The first-order chi connectivity index (χ1) is 10.2. The third-order valence-corrected chi connectivity index (χ3v) is 3.15. The molecule has 4 heteroatoms. The third kappa shape index (κ3) is 4.46. The smallest absolute Gasteiger partial charge is 0.213 e. The molecule has 112 valence electrons. The highest BCUT2D eigenvalue weighted by atomic mass is 16.5. The second-order valence-corrected chi connectivity index (χ2v) is 5.09. The first-order valence-corrected chi connectivity index (χ1v) is 7.07. The summed E-state index contributed by atoms with van der Waals surface area (Å²) in [7, 11) is 5.79. The van der Waals surface area contributed by atoms with E-state index >= 15 is 0 Å². The van der Waals surface area contributed by atoms with Gasteiger partial charge in [-0.3, -0.25) is 0 Å². The van der Waals surface area contributed by atoms with Crippen LogP contribution in [0, 0.1) is 0 Å². The Morgan fingerprint density at radius 1 is 1.10 bits per heavy atom. The number of rotatable bonds is 7. The maximum Gasteiger partial charge on any atom is 0.213 e. The normalized spacial score (nSPS) is 10.7. The lowest BCUT2D eigenvalue weighted by atomic mass is 10.1. The van der Waals surface area contributed by atoms with E-state index < -0.39 is 0 Å². The van der Waals surface area contributed by atoms with Gasteiger partial charge in [0.25, 0.3) is 0 Å². The largest absolute Gasteiger partial charge is 0.496 e. The molecule has 0 atom stereocenters. The average molecular weight is 286 g/mol. The summed E-state index contributed by atoms with van der Waals surface area (Å²) in [5.74, 6) is 1.51. The van der Waals surface area contributed by atoms with E-state index in [0.29, 0.717) is 12.5 Å². The van der Waals surface area contributed by atoms with Gasteiger partial charge < -0.3 is 14.4 Å². The number of aromatic nitrogens is 1. The van der Waals surface area contributed by atoms with Crippen molar-refractivity contribution in [3.05, 3.63) is 42.6 Å². The van der Waals surface area contributed by atoms with Crippen LogP contribution in [0.15, 0.2) is 42.6 Å². The van der Waals surface area contributed by atoms with Crippen LogP contribution < -0.4 is 9.47 Å². The van der Waals surface area contributed by atoms with Crippen LogP contribution in [-0.2, 0) is 0 Å². The first-order valence-electron chi connectivity index (χ1n) is 7.07. The van der Waals surface area contributed by atoms with Crippen molar-refractivity contribution in [1.29, 1.82) is 0 Å². The number of nitrogens with zero attached hydrogens (tertiary/aromatic N) is 2. The van der Waals surface area contributed by atoms with Crippen molar-refractivity contribution >= 4 is 0 Å². The highest BCUT2D eigenvalue weighted by molar-refractivity contribution is 5.69. The van der Waals surface area contributed by atoms with Gasteiger partial charge in [0, 0.05) is 29.9 Å². The molecule has 4 nitrogen and oxygen atoms in total. The average Bonchev–Trinajstić information content (AvgIpc) is 2.52. The lowest BCUT2D eigenvalue weighted by Gasteiger charge is -2.11. The minimum Gasteiger partial charge on any atom is -0.496 e. The Morgan fingerprint density at radius 2 is 1.90 bits per heavy atom. The van der Waals surface area contributed by atoms with Crippen LogP contribution in [0.3, 0.4) is 0 Å². The molecule has 0 radical (unpaired) electrons. The number of ether oxygens (including phenoxy) is 2. The summed E-state index contributed by atoms with van der Waals surface area (Å²) in [5, 5.41) is 0. The Bertz CT molecular complexity index is 553. The number of hydrogen-bond donors (Lipinski definition) is 0. The quantitative estimate of drug-likeness (QED) is 0.733. The van der Waals surface area contributed by atoms with Crippen LogP contribution in [0.2, 0.25) is 0 Å². The van der Waals surface area contributed by atoms with Gasteiger partial charge in [0.15, 0.2) is 0 Å². The molecule has 0 saturated heterocycles. The summed E-state index contributed by atoms with van der Waals surface area (Å²) in [6.45, 7) is 1.69. The van der Waals surface area contributed by atoms with Gasteiger partial charge in [-0.2, -0.15) is 0 Å². The van der Waals surface area contributed by atoms with Gasteiger partial charge in [-0.15, -0.1) is 0 Å². The maximum absolute atomic E-state index is 5.63. The van der Waals surface area contributed by atoms with E-state index in [9.17, 15) is 0 Å². The highest BCUT2D eigenvalue weighted by Crippen LogP contribution is 2.29. The standard InChI is InChI=1S/C17H22N2O2/c1-19(2)11-6-12-21-17-10-9-14(13-18-17)15-7-4-5-8-16(15)20-3/h4-5,7-10,13H,6,11-12H2,1-3H3. The molecule has 1 aromatic heterocycles. The van der Waals surface area contributed by atoms with E-state index in [1.807, 2.05) is 42.6 Å². The molecular weight excluding hydrogens is 264 g/mol. The Kier molecular flexibility index (Phi) is 5.58. The molecule has 1 aromatic carbocycles. The molecule has 0 aliphatic rings. The molecule has 1 heterocycles. The van der Waals surface area contributed by atoms with Gasteiger partial charge in [-0.25, -0.2) is 4.98 Å². The van der Waals surface area contributed by atoms with Crippen molar-refractivity contribution in [1.82, 2.24) is 9.88 Å². The molecule has 21 heavy (non-hydrogen) atoms. The van der Waals surface area contributed by atoms with Gasteiger partial charge in [-0.05, 0) is 32.6 Å². The minimum atomic E-state index is 0.660. The molecule has 0 spiro atoms. The SMILES string of the molecule is COc1ccccc1-c1ccc(OCCCN(C)C)nc1. The molecule has 0 aliphatic carbocycles. The van der Waals surface area contributed by atoms with E-state index in [0.717, 1.165) is 29.8 Å². The monoisotopic (exact) mass is 286 g/mol. The van der Waals surface area contributed by atoms with Crippen LogP contribution in [0.25, 0.3) is 11.1 Å². The summed E-state index contributed by atoms with van der Waals surface area (Å²) in [6, 6.07) is 11.8. The second-order valence-electron chi connectivity index (χ2n) is 5.09. The van der Waals surface area contributed by atoms with Crippen molar-refractivity contribution in [3.8, 4) is 22.8 Å². The zero-order valence-electron chi connectivity index (χ0n) is 12.9. The molecule has 0 saturated carbocycles. The lowest BCUT2D eigenvalue weighted by Crippen LogP contribution is -2.15. The highest BCUT2D eigenvalue weighted by Gasteiger charge is 2.05. The summed E-state index contributed by atoms with van der Waals surface area (Å²) in [5.41, 5.74) is 2.06. The molecule has 2 rings (SSSR count). The first kappa shape index (κ1) is 15.3. The van der Waals surface area contributed by atoms with Crippen LogP contribution in [-0.4, -0.2) is 44.2 Å². The van der Waals surface area contributed by atoms with E-state index in [-0.39, 0.29) is 0 Å². The van der Waals surface area contributed by atoms with Crippen molar-refractivity contribution in [2.24, 2.45) is 0 Å². The van der Waals surface area contributed by atoms with Crippen molar-refractivity contribution in [3.63, 3.8) is 0 Å². The van der Waals surface area contributed by atoms with Gasteiger partial charge in [0.1, 0.15) is 5.75 Å². The van der Waals surface area contributed by atoms with Crippen LogP contribution in [0.4, 0.5) is 0 Å². The van der Waals surface area contributed by atoms with Crippen molar-refractivity contribution in [2.45, 2.75) is 6.42 Å². The molecule has 0 N–H and O–H groups in total. The molecular formula is C17H22N2O2. The predicted molar refractivity (Wildman–Crippen MR) is 84.9 cm³/mol. The van der Waals surface area contributed by atoms with Crippen LogP contribution in [0.5, 0.6) is 11.6 Å². The summed E-state index contributed by atoms with van der Waals surface area (Å²) in [6.07, 6.45) is 2.81. The molecule has 0 bridgehead atoms. The van der Waals surface area contributed by atoms with Gasteiger partial charge in [0.2, 0.25) is 5.88 Å². The van der Waals surface area contributed by atoms with E-state index in [1.54, 1.807) is 7.11 Å². The summed E-state index contributed by atoms with van der Waals surface area (Å²) >= 11 is 0. The topological polar surface area (TPSA) is 34.6 Å². The fourth-order valence-electron chi connectivity index (χ4n) is 2.07. The molecule has 0 aliphatic heterocycles. The van der Waals surface area contributed by atoms with Crippen molar-refractivity contribution in [2.75, 3.05) is 34.4 Å². The summed E-state index contributed by atoms with van der Waals surface area (Å²) < 4.78 is 11.0. The maximum atomic E-state index is 5.63. The van der Waals surface area contributed by atoms with E-state index in [1.165, 1.54) is 0 Å². The number of pyridine rings is 1. The van der Waals surface area contributed by atoms with Crippen molar-refractivity contribution < 1.29 is 9.47 Å². The second kappa shape index (κ2) is 7.64. The minimum absolute atomic E-state index is 0.660. The van der Waals surface area contributed by atoms with Crippen LogP contribution in [0.1, 0.15) is 6.42 Å². The lowest BCUT2D eigenvalue weighted by molar-refractivity contribution is 0.273. The Hall–Kier alpha value is -2.07. The van der Waals surface area contributed by atoms with Gasteiger partial charge >= 0.3 is 0 Å². The zero-order valence-corrected chi connectivity index (χ0v) is 12.9. The molecule has 0 amide bonds. The number of hydrogen-bond acceptors (Lipinski definition) is 4. The fraction of sp³-hybridized carbons (Fsp3) is 0.353. The number of methoxy groups -OCH3 is 1. The molecule has 2 aromatic rings. The predicted octanol–water partition coefficient (Wildman–Crippen LogP) is 3.09. The Morgan fingerprint density at radius 3 is 2.57 bits per heavy atom. The zero-order chi connectivity index (χ0) is 15.1. The number of para-hydroxylation sites is 1. The van der Waals surface area contributed by atoms with E-state index in [4.69, 9.17) is 9.47 Å². The molecule has 0 fully saturated rings. The van der Waals surface area contributed by atoms with Gasteiger partial charge in [-0.1, -0.05) is 18.2 Å². The Labute approximate surface area is 126 Å². The Balaban J connectivity index is 1.98. The molecule has 0 unspecified atom stereocenters. The van der Waals surface area contributed by atoms with E-state index in [2.05, 4.69) is 24.0 Å². The fourth-order valence-corrected chi connectivity index (χ4v) is 2.07.